The molecule has 0 aliphatic heterocycles. The van der Waals surface area contributed by atoms with Crippen molar-refractivity contribution < 1.29 is 9.63 Å². The number of halogens is 1. The zero-order chi connectivity index (χ0) is 11.7. The van der Waals surface area contributed by atoms with Crippen LogP contribution in [0.3, 0.4) is 0 Å². The molecule has 1 aromatic heterocycles. The Labute approximate surface area is 100 Å². The van der Waals surface area contributed by atoms with Crippen molar-refractivity contribution >= 4 is 32.7 Å². The Morgan fingerprint density at radius 3 is 3.00 bits per heavy atom. The van der Waals surface area contributed by atoms with E-state index in [4.69, 9.17) is 4.84 Å². The summed E-state index contributed by atoms with van der Waals surface area (Å²) < 4.78 is 0.933. The maximum absolute atomic E-state index is 11.8. The maximum Gasteiger partial charge on any atom is 0.298 e. The lowest BCUT2D eigenvalue weighted by Crippen LogP contribution is -2.25. The lowest BCUT2D eigenvalue weighted by atomic mass is 10.2. The molecule has 6 heteroatoms. The molecule has 2 aromatic rings. The van der Waals surface area contributed by atoms with E-state index in [-0.39, 0.29) is 5.91 Å². The first kappa shape index (κ1) is 11.1. The van der Waals surface area contributed by atoms with Gasteiger partial charge in [-0.1, -0.05) is 15.9 Å². The third kappa shape index (κ3) is 1.81. The molecule has 1 N–H and O–H groups in total. The van der Waals surface area contributed by atoms with Crippen molar-refractivity contribution in [3.63, 3.8) is 0 Å². The molecule has 0 aliphatic rings. The second kappa shape index (κ2) is 4.23. The van der Waals surface area contributed by atoms with E-state index in [1.54, 1.807) is 7.05 Å². The molecule has 1 aromatic carbocycles. The summed E-state index contributed by atoms with van der Waals surface area (Å²) in [6.45, 7) is 0. The number of hydrogen-bond donors (Lipinski definition) is 1. The van der Waals surface area contributed by atoms with E-state index in [1.165, 1.54) is 7.11 Å². The maximum atomic E-state index is 11.8. The van der Waals surface area contributed by atoms with Crippen LogP contribution in [0.4, 0.5) is 0 Å². The molecular weight excluding hydrogens is 274 g/mol. The highest BCUT2D eigenvalue weighted by Crippen LogP contribution is 2.21. The van der Waals surface area contributed by atoms with E-state index in [2.05, 4.69) is 26.1 Å². The van der Waals surface area contributed by atoms with E-state index in [9.17, 15) is 4.79 Å². The van der Waals surface area contributed by atoms with Gasteiger partial charge in [-0.05, 0) is 18.2 Å². The van der Waals surface area contributed by atoms with Crippen molar-refractivity contribution in [1.29, 1.82) is 0 Å². The number of hydrogen-bond acceptors (Lipinski definition) is 3. The minimum Gasteiger partial charge on any atom is -0.277 e. The molecule has 1 heterocycles. The van der Waals surface area contributed by atoms with Crippen LogP contribution in [0.2, 0.25) is 0 Å². The molecule has 0 saturated heterocycles. The topological polar surface area (TPSA) is 58.2 Å². The molecule has 0 atom stereocenters. The molecule has 0 bridgehead atoms. The van der Waals surface area contributed by atoms with Crippen LogP contribution in [0.25, 0.3) is 10.9 Å². The molecule has 16 heavy (non-hydrogen) atoms. The summed E-state index contributed by atoms with van der Waals surface area (Å²) in [5, 5.41) is 8.71. The van der Waals surface area contributed by atoms with Crippen LogP contribution in [-0.4, -0.2) is 35.3 Å². The molecule has 84 valence electrons. The molecule has 0 fully saturated rings. The van der Waals surface area contributed by atoms with E-state index >= 15 is 0 Å². The first-order valence-corrected chi connectivity index (χ1v) is 5.38. The molecule has 0 radical (unpaired) electrons. The fourth-order valence-corrected chi connectivity index (χ4v) is 1.75. The normalized spacial score (nSPS) is 10.7. The number of aromatic nitrogens is 2. The number of rotatable bonds is 2. The van der Waals surface area contributed by atoms with Gasteiger partial charge >= 0.3 is 0 Å². The third-order valence-electron chi connectivity index (χ3n) is 2.29. The summed E-state index contributed by atoms with van der Waals surface area (Å²) in [5.74, 6) is -0.281. The SMILES string of the molecule is CON(C)C(=O)c1n[nH]c2cc(Br)ccc12. The van der Waals surface area contributed by atoms with Crippen molar-refractivity contribution in [2.75, 3.05) is 14.2 Å². The van der Waals surface area contributed by atoms with Gasteiger partial charge in [0.05, 0.1) is 12.6 Å². The molecule has 0 unspecified atom stereocenters. The summed E-state index contributed by atoms with van der Waals surface area (Å²) in [6, 6.07) is 5.56. The molecule has 0 spiro atoms. The predicted octanol–water partition coefficient (Wildman–Crippen LogP) is 1.96. The summed E-state index contributed by atoms with van der Waals surface area (Å²) in [6.07, 6.45) is 0. The van der Waals surface area contributed by atoms with Crippen LogP contribution < -0.4 is 0 Å². The summed E-state index contributed by atoms with van der Waals surface area (Å²) in [7, 11) is 2.98. The fourth-order valence-electron chi connectivity index (χ4n) is 1.39. The number of fused-ring (bicyclic) bond motifs is 1. The quantitative estimate of drug-likeness (QED) is 0.858. The highest BCUT2D eigenvalue weighted by molar-refractivity contribution is 9.10. The molecular formula is C10H10BrN3O2. The number of carbonyl (C=O) groups excluding carboxylic acids is 1. The molecule has 0 aliphatic carbocycles. The van der Waals surface area contributed by atoms with Crippen molar-refractivity contribution in [1.82, 2.24) is 15.3 Å². The van der Waals surface area contributed by atoms with E-state index in [1.807, 2.05) is 18.2 Å². The number of amides is 1. The van der Waals surface area contributed by atoms with Crippen LogP contribution in [0.15, 0.2) is 22.7 Å². The number of nitrogens with zero attached hydrogens (tertiary/aromatic N) is 2. The Kier molecular flexibility index (Phi) is 2.93. The van der Waals surface area contributed by atoms with Crippen molar-refractivity contribution in [3.05, 3.63) is 28.4 Å². The van der Waals surface area contributed by atoms with E-state index in [0.717, 1.165) is 20.4 Å². The van der Waals surface area contributed by atoms with E-state index < -0.39 is 0 Å². The zero-order valence-corrected chi connectivity index (χ0v) is 10.4. The number of nitrogens with one attached hydrogen (secondary N) is 1. The average Bonchev–Trinajstić information content (AvgIpc) is 2.69. The van der Waals surface area contributed by atoms with Gasteiger partial charge < -0.3 is 0 Å². The average molecular weight is 284 g/mol. The lowest BCUT2D eigenvalue weighted by Gasteiger charge is -2.11. The number of aromatic amines is 1. The highest BCUT2D eigenvalue weighted by Gasteiger charge is 2.17. The van der Waals surface area contributed by atoms with Gasteiger partial charge in [-0.15, -0.1) is 0 Å². The van der Waals surface area contributed by atoms with Gasteiger partial charge in [-0.2, -0.15) is 5.10 Å². The zero-order valence-electron chi connectivity index (χ0n) is 8.82. The summed E-state index contributed by atoms with van der Waals surface area (Å²) >= 11 is 3.35. The summed E-state index contributed by atoms with van der Waals surface area (Å²) in [4.78, 5) is 16.7. The second-order valence-electron chi connectivity index (χ2n) is 3.25. The van der Waals surface area contributed by atoms with Gasteiger partial charge in [-0.25, -0.2) is 5.06 Å². The number of H-pyrrole nitrogens is 1. The van der Waals surface area contributed by atoms with Crippen molar-refractivity contribution in [3.8, 4) is 0 Å². The fraction of sp³-hybridized carbons (Fsp3) is 0.200. The van der Waals surface area contributed by atoms with Crippen LogP contribution in [0, 0.1) is 0 Å². The molecule has 2 rings (SSSR count). The Morgan fingerprint density at radius 2 is 2.31 bits per heavy atom. The highest BCUT2D eigenvalue weighted by atomic mass is 79.9. The van der Waals surface area contributed by atoms with Crippen molar-refractivity contribution in [2.45, 2.75) is 0 Å². The predicted molar refractivity (Wildman–Crippen MR) is 62.9 cm³/mol. The molecule has 1 amide bonds. The van der Waals surface area contributed by atoms with Crippen LogP contribution >= 0.6 is 15.9 Å². The van der Waals surface area contributed by atoms with Crippen molar-refractivity contribution in [2.24, 2.45) is 0 Å². The Bertz CT molecular complexity index is 538. The monoisotopic (exact) mass is 283 g/mol. The first-order valence-electron chi connectivity index (χ1n) is 4.59. The number of hydroxylamine groups is 2. The smallest absolute Gasteiger partial charge is 0.277 e. The van der Waals surface area contributed by atoms with Crippen LogP contribution in [0.5, 0.6) is 0 Å². The minimum atomic E-state index is -0.281. The Hall–Kier alpha value is -1.40. The van der Waals surface area contributed by atoms with Gasteiger partial charge in [0.15, 0.2) is 5.69 Å². The minimum absolute atomic E-state index is 0.281. The Morgan fingerprint density at radius 1 is 1.56 bits per heavy atom. The third-order valence-corrected chi connectivity index (χ3v) is 2.78. The molecule has 0 saturated carbocycles. The first-order chi connectivity index (χ1) is 7.63. The molecule has 5 nitrogen and oxygen atoms in total. The van der Waals surface area contributed by atoms with Gasteiger partial charge in [0, 0.05) is 16.9 Å². The van der Waals surface area contributed by atoms with Crippen LogP contribution in [0.1, 0.15) is 10.5 Å². The lowest BCUT2D eigenvalue weighted by molar-refractivity contribution is -0.0759. The number of carbonyl (C=O) groups is 1. The second-order valence-corrected chi connectivity index (χ2v) is 4.16. The standard InChI is InChI=1S/C10H10BrN3O2/c1-14(16-2)10(15)9-7-4-3-6(11)5-8(7)12-13-9/h3-5H,1-2H3,(H,12,13). The Balaban J connectivity index is 2.50. The number of benzene rings is 1. The van der Waals surface area contributed by atoms with Gasteiger partial charge in [0.25, 0.3) is 5.91 Å². The van der Waals surface area contributed by atoms with Crippen LogP contribution in [-0.2, 0) is 4.84 Å². The van der Waals surface area contributed by atoms with Gasteiger partial charge in [-0.3, -0.25) is 14.7 Å². The summed E-state index contributed by atoms with van der Waals surface area (Å²) in [5.41, 5.74) is 1.16. The van der Waals surface area contributed by atoms with Gasteiger partial charge in [0.1, 0.15) is 0 Å². The van der Waals surface area contributed by atoms with E-state index in [0.29, 0.717) is 5.69 Å². The largest absolute Gasteiger partial charge is 0.298 e. The van der Waals surface area contributed by atoms with Gasteiger partial charge in [0.2, 0.25) is 0 Å².